The smallest absolute Gasteiger partial charge is 0.235 e. The fourth-order valence-electron chi connectivity index (χ4n) is 10.7. The Morgan fingerprint density at radius 1 is 0.656 bits per heavy atom. The third-order valence-electron chi connectivity index (χ3n) is 13.7. The molecule has 2 aliphatic carbocycles. The summed E-state index contributed by atoms with van der Waals surface area (Å²) in [5.41, 5.74) is 15.4. The molecule has 11 rings (SSSR count). The van der Waals surface area contributed by atoms with E-state index in [0.717, 1.165) is 84.7 Å². The monoisotopic (exact) mass is 828 g/mol. The van der Waals surface area contributed by atoms with Crippen molar-refractivity contribution in [2.45, 2.75) is 57.4 Å². The number of allylic oxidation sites excluding steroid dienone is 8. The van der Waals surface area contributed by atoms with Crippen molar-refractivity contribution in [1.29, 1.82) is 0 Å². The highest BCUT2D eigenvalue weighted by Gasteiger charge is 2.32. The molecule has 4 nitrogen and oxygen atoms in total. The van der Waals surface area contributed by atoms with Crippen molar-refractivity contribution in [3.8, 4) is 28.3 Å². The summed E-state index contributed by atoms with van der Waals surface area (Å²) in [5.74, 6) is 1.06. The van der Waals surface area contributed by atoms with Gasteiger partial charge in [-0.05, 0) is 109 Å². The highest BCUT2D eigenvalue weighted by molar-refractivity contribution is 6.02. The zero-order chi connectivity index (χ0) is 43.0. The van der Waals surface area contributed by atoms with Gasteiger partial charge in [-0.15, -0.1) is 0 Å². The molecule has 64 heavy (non-hydrogen) atoms. The molecule has 312 valence electrons. The zero-order valence-electron chi connectivity index (χ0n) is 36.3. The van der Waals surface area contributed by atoms with E-state index in [1.165, 1.54) is 55.4 Å². The van der Waals surface area contributed by atoms with Crippen LogP contribution in [0.4, 0.5) is 5.69 Å². The maximum Gasteiger partial charge on any atom is 0.235 e. The lowest BCUT2D eigenvalue weighted by molar-refractivity contribution is 0.430. The van der Waals surface area contributed by atoms with Crippen molar-refractivity contribution in [1.82, 2.24) is 14.5 Å². The Hall–Kier alpha value is -7.30. The predicted molar refractivity (Wildman–Crippen MR) is 270 cm³/mol. The van der Waals surface area contributed by atoms with Gasteiger partial charge in [0.15, 0.2) is 0 Å². The Kier molecular flexibility index (Phi) is 10.6. The van der Waals surface area contributed by atoms with Crippen LogP contribution in [0.5, 0.6) is 0 Å². The number of aromatic nitrogens is 3. The second kappa shape index (κ2) is 17.1. The predicted octanol–water partition coefficient (Wildman–Crippen LogP) is 15.7. The van der Waals surface area contributed by atoms with Crippen LogP contribution in [-0.2, 0) is 0 Å². The molecule has 0 radical (unpaired) electrons. The molecule has 8 aromatic rings. The molecule has 4 heteroatoms. The van der Waals surface area contributed by atoms with Crippen LogP contribution in [0.3, 0.4) is 0 Å². The number of nitrogens with zero attached hydrogens (tertiary/aromatic N) is 4. The van der Waals surface area contributed by atoms with Crippen molar-refractivity contribution in [3.05, 3.63) is 217 Å². The summed E-state index contributed by atoms with van der Waals surface area (Å²) >= 11 is 0. The van der Waals surface area contributed by atoms with Gasteiger partial charge in [-0.25, -0.2) is 9.97 Å². The van der Waals surface area contributed by atoms with E-state index < -0.39 is 0 Å². The molecule has 0 fully saturated rings. The number of fused-ring (bicyclic) bond motifs is 4. The normalized spacial score (nSPS) is 18.4. The molecule has 0 amide bonds. The molecule has 2 atom stereocenters. The largest absolute Gasteiger partial charge is 0.342 e. The van der Waals surface area contributed by atoms with Crippen molar-refractivity contribution < 1.29 is 0 Å². The van der Waals surface area contributed by atoms with Gasteiger partial charge in [-0.1, -0.05) is 176 Å². The van der Waals surface area contributed by atoms with Crippen LogP contribution in [0.1, 0.15) is 62.6 Å². The average Bonchev–Trinajstić information content (AvgIpc) is 3.72. The van der Waals surface area contributed by atoms with Crippen LogP contribution in [-0.4, -0.2) is 20.6 Å². The van der Waals surface area contributed by atoms with Gasteiger partial charge >= 0.3 is 0 Å². The molecule has 3 heterocycles. The van der Waals surface area contributed by atoms with E-state index in [1.54, 1.807) is 5.57 Å². The zero-order valence-corrected chi connectivity index (χ0v) is 36.3. The van der Waals surface area contributed by atoms with Gasteiger partial charge < -0.3 is 4.90 Å². The number of rotatable bonds is 8. The molecule has 0 N–H and O–H groups in total. The molecule has 0 spiro atoms. The van der Waals surface area contributed by atoms with Crippen molar-refractivity contribution in [2.24, 2.45) is 5.92 Å². The number of anilines is 1. The molecule has 6 aromatic carbocycles. The van der Waals surface area contributed by atoms with E-state index in [4.69, 9.17) is 9.97 Å². The Morgan fingerprint density at radius 3 is 2.25 bits per heavy atom. The van der Waals surface area contributed by atoms with Crippen LogP contribution in [0.25, 0.3) is 72.6 Å². The van der Waals surface area contributed by atoms with Crippen molar-refractivity contribution in [2.75, 3.05) is 4.90 Å². The van der Waals surface area contributed by atoms with Gasteiger partial charge in [0.05, 0.1) is 22.4 Å². The first-order chi connectivity index (χ1) is 31.6. The van der Waals surface area contributed by atoms with Crippen molar-refractivity contribution >= 4 is 49.9 Å². The molecule has 0 bridgehead atoms. The van der Waals surface area contributed by atoms with Gasteiger partial charge in [0.2, 0.25) is 5.95 Å². The summed E-state index contributed by atoms with van der Waals surface area (Å²) in [5, 5.41) is 4.70. The summed E-state index contributed by atoms with van der Waals surface area (Å²) in [6, 6.07) is 52.4. The number of hydrogen-bond acceptors (Lipinski definition) is 3. The molecular weight excluding hydrogens is 777 g/mol. The highest BCUT2D eigenvalue weighted by Crippen LogP contribution is 2.44. The van der Waals surface area contributed by atoms with Gasteiger partial charge in [0.1, 0.15) is 0 Å². The molecule has 2 aromatic heterocycles. The van der Waals surface area contributed by atoms with Crippen LogP contribution < -0.4 is 4.90 Å². The van der Waals surface area contributed by atoms with E-state index >= 15 is 0 Å². The van der Waals surface area contributed by atoms with E-state index in [9.17, 15) is 0 Å². The van der Waals surface area contributed by atoms with Crippen LogP contribution in [0.15, 0.2) is 206 Å². The standard InChI is InChI=1S/C60H52N4/c1-3-55-58(51-27-13-11-21-46(51)39-42-33-38-56-47(40-42)22-7-4-6-19-41(2)63(56)48-24-8-5-9-25-48)53-29-15-17-32-57(53)64(55)60-61-54-31-16-14-28-52(54)59(62-60)45-36-34-44(35-37-45)50-30-18-23-43-20-10-12-26-49(43)50/h3-5,7-10,12-18,20,23-32,34-37,40,47,56H,1-2,6,11,19,21-22,33,38-39H2/b7-4-/t47?,56-/m1/s1. The third kappa shape index (κ3) is 7.23. The van der Waals surface area contributed by atoms with Gasteiger partial charge in [0, 0.05) is 45.2 Å². The first kappa shape index (κ1) is 39.5. The fourth-order valence-corrected chi connectivity index (χ4v) is 10.7. The number of para-hydroxylation sites is 3. The van der Waals surface area contributed by atoms with Gasteiger partial charge in [-0.3, -0.25) is 4.57 Å². The topological polar surface area (TPSA) is 34.0 Å². The second-order valence-electron chi connectivity index (χ2n) is 17.6. The minimum atomic E-state index is 0.389. The van der Waals surface area contributed by atoms with Crippen LogP contribution in [0, 0.1) is 5.92 Å². The summed E-state index contributed by atoms with van der Waals surface area (Å²) in [6.45, 7) is 9.09. The van der Waals surface area contributed by atoms with E-state index in [2.05, 4.69) is 199 Å². The molecule has 1 aliphatic heterocycles. The summed E-state index contributed by atoms with van der Waals surface area (Å²) < 4.78 is 2.24. The quantitative estimate of drug-likeness (QED) is 0.143. The van der Waals surface area contributed by atoms with E-state index in [-0.39, 0.29) is 0 Å². The lowest BCUT2D eigenvalue weighted by atomic mass is 9.79. The molecule has 1 unspecified atom stereocenters. The van der Waals surface area contributed by atoms with Crippen molar-refractivity contribution in [3.63, 3.8) is 0 Å². The first-order valence-electron chi connectivity index (χ1n) is 23.0. The minimum absolute atomic E-state index is 0.389. The summed E-state index contributed by atoms with van der Waals surface area (Å²) in [4.78, 5) is 13.3. The molecule has 3 aliphatic rings. The molecular formula is C60H52N4. The fraction of sp³-hybridized carbons (Fsp3) is 0.167. The molecule has 0 saturated heterocycles. The van der Waals surface area contributed by atoms with Gasteiger partial charge in [0.25, 0.3) is 0 Å². The maximum atomic E-state index is 5.46. The number of benzene rings is 6. The lowest BCUT2D eigenvalue weighted by Gasteiger charge is -2.41. The highest BCUT2D eigenvalue weighted by atomic mass is 15.2. The van der Waals surface area contributed by atoms with Crippen LogP contribution >= 0.6 is 0 Å². The van der Waals surface area contributed by atoms with Gasteiger partial charge in [-0.2, -0.15) is 0 Å². The first-order valence-corrected chi connectivity index (χ1v) is 23.0. The summed E-state index contributed by atoms with van der Waals surface area (Å²) in [6.07, 6.45) is 22.5. The maximum absolute atomic E-state index is 5.46. The SMILES string of the molecule is C=Cc1c(C2=C(CC3=CC4C/C=C\CCC(=C)N(c5ccccc5)[C@@H]4CC3)CCC=C2)c2ccccc2n1-c1nc(-c2ccc(-c3cccc4ccccc34)cc2)c2ccccc2n1. The average molecular weight is 829 g/mol. The van der Waals surface area contributed by atoms with E-state index in [0.29, 0.717) is 17.9 Å². The Balaban J connectivity index is 0.996. The number of hydrogen-bond donors (Lipinski definition) is 0. The summed E-state index contributed by atoms with van der Waals surface area (Å²) in [7, 11) is 0. The Labute approximate surface area is 376 Å². The third-order valence-corrected chi connectivity index (χ3v) is 13.7. The van der Waals surface area contributed by atoms with Crippen LogP contribution in [0.2, 0.25) is 0 Å². The van der Waals surface area contributed by atoms with E-state index in [1.807, 2.05) is 6.08 Å². The second-order valence-corrected chi connectivity index (χ2v) is 17.6. The molecule has 0 saturated carbocycles. The Bertz CT molecular complexity index is 3210. The Morgan fingerprint density at radius 2 is 1.39 bits per heavy atom. The minimum Gasteiger partial charge on any atom is -0.342 e. The lowest BCUT2D eigenvalue weighted by Crippen LogP contribution is -2.41.